The molecule has 0 aliphatic heterocycles. The van der Waals surface area contributed by atoms with E-state index in [2.05, 4.69) is 9.71 Å². The van der Waals surface area contributed by atoms with Crippen LogP contribution < -0.4 is 14.9 Å². The van der Waals surface area contributed by atoms with E-state index in [0.29, 0.717) is 18.0 Å². The molecule has 6 nitrogen and oxygen atoms in total. The summed E-state index contributed by atoms with van der Waals surface area (Å²) in [6.07, 6.45) is 2.53. The van der Waals surface area contributed by atoms with Crippen molar-refractivity contribution in [2.24, 2.45) is 0 Å². The Hall–Kier alpha value is -2.28. The lowest BCUT2D eigenvalue weighted by Gasteiger charge is -2.08. The van der Waals surface area contributed by atoms with E-state index < -0.39 is 15.5 Å². The number of anilines is 1. The van der Waals surface area contributed by atoms with Gasteiger partial charge in [-0.2, -0.15) is 0 Å². The quantitative estimate of drug-likeness (QED) is 0.876. The molecule has 0 atom stereocenters. The van der Waals surface area contributed by atoms with Gasteiger partial charge in [0.25, 0.3) is 10.0 Å². The molecule has 0 amide bonds. The van der Waals surface area contributed by atoms with E-state index in [0.717, 1.165) is 12.3 Å². The molecule has 0 bridgehead atoms. The van der Waals surface area contributed by atoms with Crippen LogP contribution in [0.2, 0.25) is 0 Å². The lowest BCUT2D eigenvalue weighted by atomic mass is 10.3. The van der Waals surface area contributed by atoms with Crippen LogP contribution in [0.1, 0.15) is 6.92 Å². The van der Waals surface area contributed by atoms with Gasteiger partial charge in [0.1, 0.15) is 5.75 Å². The number of hydrogen-bond acceptors (Lipinski definition) is 4. The van der Waals surface area contributed by atoms with Crippen molar-refractivity contribution in [3.05, 3.63) is 52.9 Å². The molecule has 2 N–H and O–H groups in total. The number of hydrogen-bond donors (Lipinski definition) is 2. The molecule has 2 rings (SSSR count). The Labute approximate surface area is 116 Å². The summed E-state index contributed by atoms with van der Waals surface area (Å²) in [4.78, 5) is 13.8. The van der Waals surface area contributed by atoms with Gasteiger partial charge in [-0.1, -0.05) is 0 Å². The molecule has 0 aliphatic rings. The zero-order valence-corrected chi connectivity index (χ0v) is 11.6. The van der Waals surface area contributed by atoms with E-state index in [1.165, 1.54) is 6.20 Å². The summed E-state index contributed by atoms with van der Waals surface area (Å²) >= 11 is 0. The van der Waals surface area contributed by atoms with Crippen LogP contribution in [0.4, 0.5) is 5.69 Å². The van der Waals surface area contributed by atoms with Gasteiger partial charge in [0.05, 0.1) is 6.61 Å². The smallest absolute Gasteiger partial charge is 0.267 e. The number of rotatable bonds is 5. The predicted octanol–water partition coefficient (Wildman–Crippen LogP) is 1.57. The fourth-order valence-electron chi connectivity index (χ4n) is 1.61. The third-order valence-corrected chi connectivity index (χ3v) is 3.90. The lowest BCUT2D eigenvalue weighted by Crippen LogP contribution is -2.20. The number of nitrogens with one attached hydrogen (secondary N) is 2. The molecule has 2 aromatic rings. The molecule has 1 aromatic heterocycles. The van der Waals surface area contributed by atoms with Crippen LogP contribution in [0.3, 0.4) is 0 Å². The molecule has 1 heterocycles. The number of pyridine rings is 1. The highest BCUT2D eigenvalue weighted by molar-refractivity contribution is 7.92. The number of H-pyrrole nitrogens is 1. The first-order valence-corrected chi connectivity index (χ1v) is 7.44. The number of ether oxygens (including phenoxy) is 1. The van der Waals surface area contributed by atoms with Crippen molar-refractivity contribution >= 4 is 15.7 Å². The third-order valence-electron chi connectivity index (χ3n) is 2.50. The molecule has 106 valence electrons. The molecule has 0 aliphatic carbocycles. The number of benzene rings is 1. The SMILES string of the molecule is CCOc1ccc(NS(=O)(=O)c2c[nH]ccc2=O)cc1. The summed E-state index contributed by atoms with van der Waals surface area (Å²) in [5.41, 5.74) is -0.209. The van der Waals surface area contributed by atoms with Gasteiger partial charge >= 0.3 is 0 Å². The highest BCUT2D eigenvalue weighted by atomic mass is 32.2. The molecule has 0 spiro atoms. The summed E-state index contributed by atoms with van der Waals surface area (Å²) in [7, 11) is -3.90. The van der Waals surface area contributed by atoms with Crippen LogP contribution in [0.25, 0.3) is 0 Å². The van der Waals surface area contributed by atoms with Crippen molar-refractivity contribution in [3.8, 4) is 5.75 Å². The van der Waals surface area contributed by atoms with E-state index in [1.807, 2.05) is 6.92 Å². The van der Waals surface area contributed by atoms with Crippen LogP contribution >= 0.6 is 0 Å². The Morgan fingerprint density at radius 3 is 2.50 bits per heavy atom. The molecular formula is C13H14N2O4S. The minimum absolute atomic E-state index is 0.325. The maximum absolute atomic E-state index is 12.1. The second-order valence-electron chi connectivity index (χ2n) is 3.94. The summed E-state index contributed by atoms with van der Waals surface area (Å²) in [5.74, 6) is 0.646. The second kappa shape index (κ2) is 5.79. The van der Waals surface area contributed by atoms with Gasteiger partial charge in [0.2, 0.25) is 5.43 Å². The molecular weight excluding hydrogens is 280 g/mol. The van der Waals surface area contributed by atoms with Crippen molar-refractivity contribution in [1.82, 2.24) is 4.98 Å². The number of aromatic nitrogens is 1. The summed E-state index contributed by atoms with van der Waals surface area (Å²) in [5, 5.41) is 0. The van der Waals surface area contributed by atoms with Gasteiger partial charge < -0.3 is 9.72 Å². The normalized spacial score (nSPS) is 11.1. The lowest BCUT2D eigenvalue weighted by molar-refractivity contribution is 0.340. The van der Waals surface area contributed by atoms with Crippen molar-refractivity contribution < 1.29 is 13.2 Å². The molecule has 0 radical (unpaired) electrons. The van der Waals surface area contributed by atoms with Crippen molar-refractivity contribution in [2.45, 2.75) is 11.8 Å². The second-order valence-corrected chi connectivity index (χ2v) is 5.59. The Morgan fingerprint density at radius 1 is 1.20 bits per heavy atom. The van der Waals surface area contributed by atoms with Gasteiger partial charge in [-0.05, 0) is 31.2 Å². The minimum atomic E-state index is -3.90. The van der Waals surface area contributed by atoms with Crippen LogP contribution in [0.5, 0.6) is 5.75 Å². The molecule has 0 fully saturated rings. The predicted molar refractivity (Wildman–Crippen MR) is 75.5 cm³/mol. The van der Waals surface area contributed by atoms with Crippen LogP contribution in [-0.2, 0) is 10.0 Å². The van der Waals surface area contributed by atoms with Crippen molar-refractivity contribution in [2.75, 3.05) is 11.3 Å². The van der Waals surface area contributed by atoms with Crippen molar-refractivity contribution in [1.29, 1.82) is 0 Å². The van der Waals surface area contributed by atoms with Gasteiger partial charge in [-0.15, -0.1) is 0 Å². The topological polar surface area (TPSA) is 88.3 Å². The van der Waals surface area contributed by atoms with Crippen molar-refractivity contribution in [3.63, 3.8) is 0 Å². The number of aromatic amines is 1. The van der Waals surface area contributed by atoms with Crippen LogP contribution in [-0.4, -0.2) is 20.0 Å². The molecule has 7 heteroatoms. The Balaban J connectivity index is 2.25. The summed E-state index contributed by atoms with van der Waals surface area (Å²) < 4.78 is 31.7. The Kier molecular flexibility index (Phi) is 4.09. The summed E-state index contributed by atoms with van der Waals surface area (Å²) in [6.45, 7) is 2.39. The summed E-state index contributed by atoms with van der Waals surface area (Å²) in [6, 6.07) is 7.60. The van der Waals surface area contributed by atoms with Gasteiger partial charge in [-0.25, -0.2) is 8.42 Å². The Bertz CT molecular complexity index is 735. The molecule has 1 aromatic carbocycles. The average molecular weight is 294 g/mol. The van der Waals surface area contributed by atoms with Gasteiger partial charge in [-0.3, -0.25) is 9.52 Å². The first kappa shape index (κ1) is 14.1. The van der Waals surface area contributed by atoms with Gasteiger partial charge in [0.15, 0.2) is 4.90 Å². The van der Waals surface area contributed by atoms with E-state index in [9.17, 15) is 13.2 Å². The highest BCUT2D eigenvalue weighted by Crippen LogP contribution is 2.18. The van der Waals surface area contributed by atoms with E-state index >= 15 is 0 Å². The maximum Gasteiger partial charge on any atom is 0.267 e. The zero-order valence-electron chi connectivity index (χ0n) is 10.8. The first-order valence-electron chi connectivity index (χ1n) is 5.96. The zero-order chi connectivity index (χ0) is 14.6. The molecule has 0 saturated carbocycles. The molecule has 20 heavy (non-hydrogen) atoms. The number of sulfonamides is 1. The highest BCUT2D eigenvalue weighted by Gasteiger charge is 2.17. The largest absolute Gasteiger partial charge is 0.494 e. The Morgan fingerprint density at radius 2 is 1.90 bits per heavy atom. The fourth-order valence-corrected chi connectivity index (χ4v) is 2.72. The van der Waals surface area contributed by atoms with E-state index in [1.54, 1.807) is 24.3 Å². The monoisotopic (exact) mass is 294 g/mol. The molecule has 0 unspecified atom stereocenters. The molecule has 0 saturated heterocycles. The standard InChI is InChI=1S/C13H14N2O4S/c1-2-19-11-5-3-10(4-6-11)15-20(17,18)13-9-14-8-7-12(13)16/h3-9,15H,2H2,1H3,(H,14,16). The van der Waals surface area contributed by atoms with Crippen LogP contribution in [0, 0.1) is 0 Å². The minimum Gasteiger partial charge on any atom is -0.494 e. The fraction of sp³-hybridized carbons (Fsp3) is 0.154. The van der Waals surface area contributed by atoms with E-state index in [4.69, 9.17) is 4.74 Å². The third kappa shape index (κ3) is 3.18. The van der Waals surface area contributed by atoms with E-state index in [-0.39, 0.29) is 4.90 Å². The first-order chi connectivity index (χ1) is 9.53. The van der Waals surface area contributed by atoms with Crippen LogP contribution in [0.15, 0.2) is 52.4 Å². The maximum atomic E-state index is 12.1. The van der Waals surface area contributed by atoms with Gasteiger partial charge in [0, 0.05) is 24.1 Å². The average Bonchev–Trinajstić information content (AvgIpc) is 2.41.